The second-order valence-electron chi connectivity index (χ2n) is 5.25. The number of halogens is 1. The number of amides is 1. The Bertz CT molecular complexity index is 430. The van der Waals surface area contributed by atoms with E-state index in [-0.39, 0.29) is 12.0 Å². The van der Waals surface area contributed by atoms with Crippen molar-refractivity contribution < 1.29 is 9.53 Å². The maximum absolute atomic E-state index is 11.9. The standard InChI is InChI=1S/C15H22ClNO2/c1-10(2)7-8-17-15(18)13-6-5-12(9-14(13)16)19-11(3)4/h5-6,9-11H,7-8H2,1-4H3,(H,17,18). The lowest BCUT2D eigenvalue weighted by Crippen LogP contribution is -2.25. The molecule has 1 N–H and O–H groups in total. The molecular weight excluding hydrogens is 262 g/mol. The summed E-state index contributed by atoms with van der Waals surface area (Å²) >= 11 is 6.11. The summed E-state index contributed by atoms with van der Waals surface area (Å²) in [6.45, 7) is 8.80. The molecular formula is C15H22ClNO2. The monoisotopic (exact) mass is 283 g/mol. The number of carbonyl (C=O) groups is 1. The first kappa shape index (κ1) is 15.8. The quantitative estimate of drug-likeness (QED) is 0.860. The number of hydrogen-bond acceptors (Lipinski definition) is 2. The van der Waals surface area contributed by atoms with Gasteiger partial charge in [-0.1, -0.05) is 25.4 Å². The average molecular weight is 284 g/mol. The molecule has 0 saturated carbocycles. The van der Waals surface area contributed by atoms with Crippen molar-refractivity contribution in [3.05, 3.63) is 28.8 Å². The van der Waals surface area contributed by atoms with E-state index in [0.717, 1.165) is 6.42 Å². The number of nitrogens with one attached hydrogen (secondary N) is 1. The third-order valence-electron chi connectivity index (χ3n) is 2.56. The second kappa shape index (κ2) is 7.39. The van der Waals surface area contributed by atoms with Crippen molar-refractivity contribution in [3.63, 3.8) is 0 Å². The van der Waals surface area contributed by atoms with Gasteiger partial charge in [0.05, 0.1) is 16.7 Å². The normalized spacial score (nSPS) is 10.9. The SMILES string of the molecule is CC(C)CCNC(=O)c1ccc(OC(C)C)cc1Cl. The third-order valence-corrected chi connectivity index (χ3v) is 2.88. The van der Waals surface area contributed by atoms with E-state index >= 15 is 0 Å². The molecule has 0 aromatic heterocycles. The van der Waals surface area contributed by atoms with Gasteiger partial charge in [0, 0.05) is 6.54 Å². The molecule has 0 fully saturated rings. The van der Waals surface area contributed by atoms with Gasteiger partial charge in [0.15, 0.2) is 0 Å². The molecule has 0 aliphatic heterocycles. The molecule has 0 heterocycles. The number of hydrogen-bond donors (Lipinski definition) is 1. The summed E-state index contributed by atoms with van der Waals surface area (Å²) in [5.41, 5.74) is 0.488. The van der Waals surface area contributed by atoms with Crippen molar-refractivity contribution in [3.8, 4) is 5.75 Å². The first-order valence-electron chi connectivity index (χ1n) is 6.64. The predicted octanol–water partition coefficient (Wildman–Crippen LogP) is 3.90. The predicted molar refractivity (Wildman–Crippen MR) is 79.0 cm³/mol. The zero-order valence-electron chi connectivity index (χ0n) is 12.0. The Morgan fingerprint density at radius 3 is 2.53 bits per heavy atom. The number of benzene rings is 1. The Balaban J connectivity index is 2.65. The maximum atomic E-state index is 11.9. The van der Waals surface area contributed by atoms with Gasteiger partial charge in [-0.3, -0.25) is 4.79 Å². The van der Waals surface area contributed by atoms with Gasteiger partial charge in [-0.15, -0.1) is 0 Å². The minimum atomic E-state index is -0.137. The summed E-state index contributed by atoms with van der Waals surface area (Å²) in [7, 11) is 0. The van der Waals surface area contributed by atoms with Crippen LogP contribution in [0.3, 0.4) is 0 Å². The minimum absolute atomic E-state index is 0.0850. The van der Waals surface area contributed by atoms with Crippen molar-refractivity contribution in [2.75, 3.05) is 6.54 Å². The first-order valence-corrected chi connectivity index (χ1v) is 7.02. The van der Waals surface area contributed by atoms with Crippen LogP contribution in [0.2, 0.25) is 5.02 Å². The molecule has 3 nitrogen and oxygen atoms in total. The molecule has 0 aliphatic rings. The van der Waals surface area contributed by atoms with Gasteiger partial charge < -0.3 is 10.1 Å². The third kappa shape index (κ3) is 5.52. The molecule has 0 saturated heterocycles. The maximum Gasteiger partial charge on any atom is 0.252 e. The van der Waals surface area contributed by atoms with E-state index in [2.05, 4.69) is 19.2 Å². The highest BCUT2D eigenvalue weighted by Gasteiger charge is 2.11. The number of rotatable bonds is 6. The van der Waals surface area contributed by atoms with Crippen LogP contribution in [0.25, 0.3) is 0 Å². The molecule has 1 aromatic carbocycles. The lowest BCUT2D eigenvalue weighted by atomic mass is 10.1. The lowest BCUT2D eigenvalue weighted by molar-refractivity contribution is 0.0952. The highest BCUT2D eigenvalue weighted by molar-refractivity contribution is 6.34. The molecule has 0 radical (unpaired) electrons. The van der Waals surface area contributed by atoms with E-state index in [9.17, 15) is 4.79 Å². The molecule has 4 heteroatoms. The highest BCUT2D eigenvalue weighted by Crippen LogP contribution is 2.23. The Hall–Kier alpha value is -1.22. The van der Waals surface area contributed by atoms with Crippen LogP contribution in [0.15, 0.2) is 18.2 Å². The molecule has 0 aliphatic carbocycles. The molecule has 19 heavy (non-hydrogen) atoms. The number of ether oxygens (including phenoxy) is 1. The van der Waals surface area contributed by atoms with Crippen molar-refractivity contribution in [1.82, 2.24) is 5.32 Å². The highest BCUT2D eigenvalue weighted by atomic mass is 35.5. The van der Waals surface area contributed by atoms with Gasteiger partial charge in [-0.25, -0.2) is 0 Å². The van der Waals surface area contributed by atoms with E-state index in [1.807, 2.05) is 13.8 Å². The Morgan fingerprint density at radius 1 is 1.32 bits per heavy atom. The molecule has 0 atom stereocenters. The van der Waals surface area contributed by atoms with Crippen LogP contribution in [0, 0.1) is 5.92 Å². The van der Waals surface area contributed by atoms with E-state index in [4.69, 9.17) is 16.3 Å². The van der Waals surface area contributed by atoms with Crippen molar-refractivity contribution in [2.24, 2.45) is 5.92 Å². The van der Waals surface area contributed by atoms with Crippen LogP contribution in [0.4, 0.5) is 0 Å². The minimum Gasteiger partial charge on any atom is -0.491 e. The summed E-state index contributed by atoms with van der Waals surface area (Å²) in [6, 6.07) is 5.15. The van der Waals surface area contributed by atoms with Crippen molar-refractivity contribution in [1.29, 1.82) is 0 Å². The summed E-state index contributed by atoms with van der Waals surface area (Å²) in [5.74, 6) is 1.11. The molecule has 1 aromatic rings. The zero-order chi connectivity index (χ0) is 14.4. The Morgan fingerprint density at radius 2 is 2.00 bits per heavy atom. The molecule has 0 unspecified atom stereocenters. The largest absolute Gasteiger partial charge is 0.491 e. The smallest absolute Gasteiger partial charge is 0.252 e. The Kier molecular flexibility index (Phi) is 6.16. The molecule has 1 rings (SSSR count). The van der Waals surface area contributed by atoms with Gasteiger partial charge in [-0.2, -0.15) is 0 Å². The van der Waals surface area contributed by atoms with Crippen LogP contribution in [-0.4, -0.2) is 18.6 Å². The van der Waals surface area contributed by atoms with E-state index in [0.29, 0.717) is 28.8 Å². The summed E-state index contributed by atoms with van der Waals surface area (Å²) in [5, 5.41) is 3.28. The van der Waals surface area contributed by atoms with Crippen molar-refractivity contribution in [2.45, 2.75) is 40.2 Å². The zero-order valence-corrected chi connectivity index (χ0v) is 12.8. The van der Waals surface area contributed by atoms with Crippen LogP contribution in [-0.2, 0) is 0 Å². The van der Waals surface area contributed by atoms with Crippen LogP contribution in [0.5, 0.6) is 5.75 Å². The van der Waals surface area contributed by atoms with Gasteiger partial charge >= 0.3 is 0 Å². The first-order chi connectivity index (χ1) is 8.90. The fraction of sp³-hybridized carbons (Fsp3) is 0.533. The van der Waals surface area contributed by atoms with Gasteiger partial charge in [-0.05, 0) is 44.4 Å². The topological polar surface area (TPSA) is 38.3 Å². The van der Waals surface area contributed by atoms with Crippen LogP contribution in [0.1, 0.15) is 44.5 Å². The molecule has 1 amide bonds. The van der Waals surface area contributed by atoms with Crippen LogP contribution < -0.4 is 10.1 Å². The molecule has 0 spiro atoms. The summed E-state index contributed by atoms with van der Waals surface area (Å²) < 4.78 is 5.53. The number of carbonyl (C=O) groups excluding carboxylic acids is 1. The van der Waals surface area contributed by atoms with E-state index in [1.54, 1.807) is 18.2 Å². The van der Waals surface area contributed by atoms with Crippen molar-refractivity contribution >= 4 is 17.5 Å². The van der Waals surface area contributed by atoms with Gasteiger partial charge in [0.25, 0.3) is 5.91 Å². The molecule has 106 valence electrons. The van der Waals surface area contributed by atoms with Gasteiger partial charge in [0.2, 0.25) is 0 Å². The average Bonchev–Trinajstić information content (AvgIpc) is 2.27. The van der Waals surface area contributed by atoms with Crippen LogP contribution >= 0.6 is 11.6 Å². The van der Waals surface area contributed by atoms with E-state index < -0.39 is 0 Å². The lowest BCUT2D eigenvalue weighted by Gasteiger charge is -2.12. The second-order valence-corrected chi connectivity index (χ2v) is 5.65. The van der Waals surface area contributed by atoms with Gasteiger partial charge in [0.1, 0.15) is 5.75 Å². The fourth-order valence-corrected chi connectivity index (χ4v) is 1.85. The summed E-state index contributed by atoms with van der Waals surface area (Å²) in [4.78, 5) is 11.9. The fourth-order valence-electron chi connectivity index (χ4n) is 1.60. The molecule has 0 bridgehead atoms. The summed E-state index contributed by atoms with van der Waals surface area (Å²) in [6.07, 6.45) is 1.04. The van der Waals surface area contributed by atoms with E-state index in [1.165, 1.54) is 0 Å². The Labute approximate surface area is 120 Å².